The van der Waals surface area contributed by atoms with Crippen LogP contribution in [0.4, 0.5) is 0 Å². The molecule has 0 fully saturated rings. The van der Waals surface area contributed by atoms with E-state index in [1.54, 1.807) is 48.8 Å². The second kappa shape index (κ2) is 14.6. The molecule has 0 atom stereocenters. The number of benzene rings is 2. The maximum Gasteiger partial charge on any atom is 0.265 e. The maximum atomic E-state index is 11.8. The lowest BCUT2D eigenvalue weighted by molar-refractivity contribution is 0.471. The monoisotopic (exact) mass is 700 g/mol. The summed E-state index contributed by atoms with van der Waals surface area (Å²) in [6.07, 6.45) is 6.09. The van der Waals surface area contributed by atoms with Crippen LogP contribution >= 0.6 is 45.8 Å². The fraction of sp³-hybridized carbons (Fsp3) is 0.133. The first-order chi connectivity index (χ1) is 19.6. The number of aryl methyl sites for hydroxylation is 2. The van der Waals surface area contributed by atoms with Gasteiger partial charge < -0.3 is 19.4 Å². The van der Waals surface area contributed by atoms with Crippen LogP contribution < -0.4 is 20.6 Å². The van der Waals surface area contributed by atoms with E-state index in [-0.39, 0.29) is 11.1 Å². The smallest absolute Gasteiger partial charge is 0.265 e. The third-order valence-electron chi connectivity index (χ3n) is 5.63. The van der Waals surface area contributed by atoms with Crippen molar-refractivity contribution in [1.29, 1.82) is 10.5 Å². The minimum absolute atomic E-state index is 0.208. The number of nitrogens with one attached hydrogen (secondary N) is 2. The van der Waals surface area contributed by atoms with Crippen molar-refractivity contribution in [3.63, 3.8) is 0 Å². The molecule has 11 heteroatoms. The van der Waals surface area contributed by atoms with Gasteiger partial charge in [-0.1, -0.05) is 49.7 Å². The summed E-state index contributed by atoms with van der Waals surface area (Å²) in [5.41, 5.74) is 2.38. The van der Waals surface area contributed by atoms with Crippen LogP contribution in [0.1, 0.15) is 41.7 Å². The van der Waals surface area contributed by atoms with Gasteiger partial charge in [0, 0.05) is 33.6 Å². The van der Waals surface area contributed by atoms with Crippen LogP contribution in [0, 0.1) is 26.2 Å². The highest BCUT2D eigenvalue weighted by molar-refractivity contribution is 14.1. The number of H-pyrrole nitrogens is 2. The molecule has 208 valence electrons. The topological polar surface area (TPSA) is 132 Å². The Hall–Kier alpha value is -4.03. The van der Waals surface area contributed by atoms with Gasteiger partial charge in [-0.05, 0) is 71.8 Å². The van der Waals surface area contributed by atoms with Crippen molar-refractivity contribution >= 4 is 51.9 Å². The predicted molar refractivity (Wildman–Crippen MR) is 168 cm³/mol. The lowest BCUT2D eigenvalue weighted by Gasteiger charge is -2.13. The number of nitriles is 2. The molecule has 0 radical (unpaired) electrons. The number of nitrogens with zero attached hydrogens (tertiary/aromatic N) is 2. The van der Waals surface area contributed by atoms with Crippen molar-refractivity contribution in [3.8, 4) is 35.1 Å². The highest BCUT2D eigenvalue weighted by atomic mass is 127. The molecule has 0 aliphatic carbocycles. The average Bonchev–Trinajstić information content (AvgIpc) is 2.95. The molecule has 8 nitrogen and oxygen atoms in total. The molecule has 0 spiro atoms. The van der Waals surface area contributed by atoms with Crippen LogP contribution in [0.25, 0.3) is 6.08 Å². The first kappa shape index (κ1) is 31.5. The minimum atomic E-state index is -0.278. The van der Waals surface area contributed by atoms with Gasteiger partial charge >= 0.3 is 0 Å². The summed E-state index contributed by atoms with van der Waals surface area (Å²) in [5, 5.41) is 18.7. The average molecular weight is 701 g/mol. The van der Waals surface area contributed by atoms with E-state index < -0.39 is 0 Å². The zero-order valence-electron chi connectivity index (χ0n) is 22.0. The van der Waals surface area contributed by atoms with E-state index in [2.05, 4.69) is 16.5 Å². The van der Waals surface area contributed by atoms with E-state index in [1.165, 1.54) is 6.08 Å². The molecule has 0 amide bonds. The second-order valence-electron chi connectivity index (χ2n) is 8.36. The number of aromatic nitrogens is 2. The van der Waals surface area contributed by atoms with Crippen LogP contribution in [0.15, 0.2) is 65.0 Å². The number of hydrogen-bond donors (Lipinski definition) is 2. The number of pyridine rings is 2. The molecule has 4 aromatic rings. The number of rotatable bonds is 7. The van der Waals surface area contributed by atoms with Crippen LogP contribution in [-0.4, -0.2) is 9.97 Å². The number of hydrogen-bond acceptors (Lipinski definition) is 6. The third-order valence-corrected chi connectivity index (χ3v) is 7.05. The highest BCUT2D eigenvalue weighted by Crippen LogP contribution is 2.32. The van der Waals surface area contributed by atoms with Gasteiger partial charge in [-0.25, -0.2) is 0 Å². The normalized spacial score (nSPS) is 10.0. The summed E-state index contributed by atoms with van der Waals surface area (Å²) in [6, 6.07) is 13.5. The Morgan fingerprint density at radius 3 is 1.76 bits per heavy atom. The Kier molecular flexibility index (Phi) is 11.2. The van der Waals surface area contributed by atoms with E-state index in [0.717, 1.165) is 11.1 Å². The summed E-state index contributed by atoms with van der Waals surface area (Å²) in [4.78, 5) is 28.8. The quantitative estimate of drug-likeness (QED) is 0.190. The largest absolute Gasteiger partial charge is 0.456 e. The summed E-state index contributed by atoms with van der Waals surface area (Å²) < 4.78 is 12.0. The summed E-state index contributed by atoms with van der Waals surface area (Å²) in [5.74, 6) is 1.78. The van der Waals surface area contributed by atoms with Gasteiger partial charge in [0.1, 0.15) is 20.8 Å². The predicted octanol–water partition coefficient (Wildman–Crippen LogP) is 7.76. The van der Waals surface area contributed by atoms with Crippen LogP contribution in [0.3, 0.4) is 0 Å². The molecule has 2 N–H and O–H groups in total. The lowest BCUT2D eigenvalue weighted by Crippen LogP contribution is -2.12. The molecule has 2 heterocycles. The van der Waals surface area contributed by atoms with Crippen LogP contribution in [0.2, 0.25) is 10.0 Å². The standard InChI is InChI=1S/C16H13ClN2O2.C14H10ClIN2O2/c1-3-11-9-19-16(20)14(4-2)15(11)21-13-6-10(8-18)5-12(17)7-13;1-2-9-7-18-14(19)12(16)13(9)20-11-4-8(6-17)3-10(15)5-11/h4-7,9H,2-3H2,1H3,(H,19,20);3-5,7H,2H2,1H3,(H,18,19). The molecule has 0 bridgehead atoms. The molecule has 0 saturated heterocycles. The van der Waals surface area contributed by atoms with Crippen molar-refractivity contribution in [2.45, 2.75) is 26.7 Å². The molecular formula is C30H23Cl2IN4O4. The van der Waals surface area contributed by atoms with Crippen molar-refractivity contribution in [2.24, 2.45) is 0 Å². The van der Waals surface area contributed by atoms with Crippen molar-refractivity contribution < 1.29 is 9.47 Å². The first-order valence-corrected chi connectivity index (χ1v) is 14.0. The third kappa shape index (κ3) is 8.01. The minimum Gasteiger partial charge on any atom is -0.456 e. The Morgan fingerprint density at radius 2 is 1.29 bits per heavy atom. The van der Waals surface area contributed by atoms with Crippen molar-refractivity contribution in [3.05, 3.63) is 118 Å². The van der Waals surface area contributed by atoms with Gasteiger partial charge in [-0.15, -0.1) is 0 Å². The highest BCUT2D eigenvalue weighted by Gasteiger charge is 2.14. The molecule has 4 rings (SSSR count). The van der Waals surface area contributed by atoms with Gasteiger partial charge in [-0.3, -0.25) is 9.59 Å². The Bertz CT molecular complexity index is 1800. The molecule has 0 aliphatic rings. The van der Waals surface area contributed by atoms with Gasteiger partial charge in [0.25, 0.3) is 11.1 Å². The lowest BCUT2D eigenvalue weighted by atomic mass is 10.1. The zero-order chi connectivity index (χ0) is 30.1. The van der Waals surface area contributed by atoms with E-state index in [0.29, 0.717) is 66.1 Å². The molecule has 0 saturated carbocycles. The van der Waals surface area contributed by atoms with E-state index in [1.807, 2.05) is 48.6 Å². The van der Waals surface area contributed by atoms with Crippen LogP contribution in [-0.2, 0) is 12.8 Å². The number of aromatic amines is 2. The van der Waals surface area contributed by atoms with E-state index in [9.17, 15) is 9.59 Å². The zero-order valence-corrected chi connectivity index (χ0v) is 25.6. The SMILES string of the molecule is C=Cc1c(Oc2cc(Cl)cc(C#N)c2)c(CC)c[nH]c1=O.CCc1c[nH]c(=O)c(I)c1Oc1cc(Cl)cc(C#N)c1. The maximum absolute atomic E-state index is 11.8. The Labute approximate surface area is 259 Å². The summed E-state index contributed by atoms with van der Waals surface area (Å²) in [6.45, 7) is 7.56. The van der Waals surface area contributed by atoms with E-state index >= 15 is 0 Å². The molecule has 2 aromatic heterocycles. The van der Waals surface area contributed by atoms with Gasteiger partial charge in [0.15, 0.2) is 5.75 Å². The van der Waals surface area contributed by atoms with E-state index in [4.69, 9.17) is 43.2 Å². The van der Waals surface area contributed by atoms with Crippen LogP contribution in [0.5, 0.6) is 23.0 Å². The first-order valence-electron chi connectivity index (χ1n) is 12.2. The molecular weight excluding hydrogens is 678 g/mol. The van der Waals surface area contributed by atoms with Gasteiger partial charge in [-0.2, -0.15) is 10.5 Å². The molecule has 41 heavy (non-hydrogen) atoms. The number of halogens is 3. The summed E-state index contributed by atoms with van der Waals surface area (Å²) >= 11 is 13.8. The second-order valence-corrected chi connectivity index (χ2v) is 10.3. The number of ether oxygens (including phenoxy) is 2. The fourth-order valence-corrected chi connectivity index (χ4v) is 4.71. The molecule has 2 aromatic carbocycles. The molecule has 0 unspecified atom stereocenters. The Morgan fingerprint density at radius 1 is 0.829 bits per heavy atom. The van der Waals surface area contributed by atoms with Gasteiger partial charge in [0.05, 0.1) is 28.8 Å². The molecule has 0 aliphatic heterocycles. The Balaban J connectivity index is 0.000000226. The van der Waals surface area contributed by atoms with Gasteiger partial charge in [0.2, 0.25) is 0 Å². The van der Waals surface area contributed by atoms with Crippen molar-refractivity contribution in [1.82, 2.24) is 9.97 Å². The summed E-state index contributed by atoms with van der Waals surface area (Å²) in [7, 11) is 0. The fourth-order valence-electron chi connectivity index (χ4n) is 3.65. The van der Waals surface area contributed by atoms with Crippen molar-refractivity contribution in [2.75, 3.05) is 0 Å².